The maximum Gasteiger partial charge on any atom is 0.346 e. The van der Waals surface area contributed by atoms with E-state index in [0.717, 1.165) is 11.8 Å². The Balaban J connectivity index is 3.43. The maximum atomic E-state index is 11.0. The van der Waals surface area contributed by atoms with Gasteiger partial charge < -0.3 is 0 Å². The van der Waals surface area contributed by atoms with Gasteiger partial charge in [-0.05, 0) is 12.5 Å². The van der Waals surface area contributed by atoms with E-state index >= 15 is 0 Å². The number of rotatable bonds is 1. The summed E-state index contributed by atoms with van der Waals surface area (Å²) in [5.41, 5.74) is 0.792. The Morgan fingerprint density at radius 3 is 2.50 bits per heavy atom. The van der Waals surface area contributed by atoms with Crippen molar-refractivity contribution in [1.29, 1.82) is 0 Å². The van der Waals surface area contributed by atoms with Crippen molar-refractivity contribution in [3.8, 4) is 0 Å². The van der Waals surface area contributed by atoms with Gasteiger partial charge in [0.25, 0.3) is 0 Å². The molecule has 0 unspecified atom stereocenters. The van der Waals surface area contributed by atoms with Crippen LogP contribution in [0.15, 0.2) is 23.4 Å². The van der Waals surface area contributed by atoms with Crippen LogP contribution in [0.1, 0.15) is 5.56 Å². The van der Waals surface area contributed by atoms with Crippen molar-refractivity contribution in [2.45, 2.75) is 11.9 Å². The van der Waals surface area contributed by atoms with Crippen molar-refractivity contribution in [1.82, 2.24) is 0 Å². The minimum Gasteiger partial charge on any atom is -0.284 e. The second-order valence-corrected chi connectivity index (χ2v) is 4.62. The lowest BCUT2D eigenvalue weighted by atomic mass is 10.3. The molecular formula is C7H10NO3S+. The van der Waals surface area contributed by atoms with E-state index in [-0.39, 0.29) is 5.03 Å². The number of pyridine rings is 1. The summed E-state index contributed by atoms with van der Waals surface area (Å²) in [6.45, 7) is 1.76. The molecule has 1 aromatic heterocycles. The molecule has 1 heterocycles. The highest BCUT2D eigenvalue weighted by molar-refractivity contribution is 7.90. The van der Waals surface area contributed by atoms with Gasteiger partial charge in [0.05, 0.1) is 0 Å². The topological polar surface area (TPSA) is 58.2 Å². The normalized spacial score (nSPS) is 11.5. The van der Waals surface area contributed by atoms with Crippen molar-refractivity contribution in [3.63, 3.8) is 0 Å². The molecule has 1 N–H and O–H groups in total. The summed E-state index contributed by atoms with van der Waals surface area (Å²) in [6, 6.07) is 3.03. The minimum atomic E-state index is -3.34. The van der Waals surface area contributed by atoms with Gasteiger partial charge in [0.1, 0.15) is 0 Å². The molecule has 0 bridgehead atoms. The van der Waals surface area contributed by atoms with Gasteiger partial charge in [-0.3, -0.25) is 5.21 Å². The summed E-state index contributed by atoms with van der Waals surface area (Å²) in [7, 11) is -3.34. The fourth-order valence-electron chi connectivity index (χ4n) is 0.848. The number of nitrogens with zero attached hydrogens (tertiary/aromatic N) is 1. The molecule has 0 aliphatic heterocycles. The first-order valence-electron chi connectivity index (χ1n) is 3.33. The summed E-state index contributed by atoms with van der Waals surface area (Å²) in [4.78, 5) is 0. The Kier molecular flexibility index (Phi) is 2.06. The van der Waals surface area contributed by atoms with Crippen LogP contribution in [-0.2, 0) is 9.84 Å². The molecule has 1 aromatic rings. The molecule has 12 heavy (non-hydrogen) atoms. The third-order valence-corrected chi connectivity index (χ3v) is 2.50. The smallest absolute Gasteiger partial charge is 0.284 e. The van der Waals surface area contributed by atoms with Crippen LogP contribution in [0.3, 0.4) is 0 Å². The Labute approximate surface area is 71.0 Å². The first kappa shape index (κ1) is 8.99. The van der Waals surface area contributed by atoms with Crippen LogP contribution in [-0.4, -0.2) is 19.9 Å². The zero-order valence-electron chi connectivity index (χ0n) is 6.85. The number of sulfone groups is 1. The molecule has 0 radical (unpaired) electrons. The van der Waals surface area contributed by atoms with E-state index < -0.39 is 9.84 Å². The number of hydrogen-bond donors (Lipinski definition) is 1. The Morgan fingerprint density at radius 2 is 2.08 bits per heavy atom. The van der Waals surface area contributed by atoms with E-state index in [9.17, 15) is 8.42 Å². The molecule has 0 saturated carbocycles. The van der Waals surface area contributed by atoms with Crippen molar-refractivity contribution in [3.05, 3.63) is 23.9 Å². The predicted molar refractivity (Wildman–Crippen MR) is 41.7 cm³/mol. The van der Waals surface area contributed by atoms with Gasteiger partial charge in [-0.15, -0.1) is 0 Å². The Bertz CT molecular complexity index is 397. The molecule has 1 rings (SSSR count). The molecule has 66 valence electrons. The van der Waals surface area contributed by atoms with E-state index in [1.165, 1.54) is 12.3 Å². The fourth-order valence-corrected chi connectivity index (χ4v) is 1.65. The molecule has 0 aliphatic carbocycles. The predicted octanol–water partition coefficient (Wildman–Crippen LogP) is -0.0767. The van der Waals surface area contributed by atoms with Gasteiger partial charge in [-0.2, -0.15) is 0 Å². The molecule has 0 spiro atoms. The summed E-state index contributed by atoms with van der Waals surface area (Å²) < 4.78 is 22.6. The van der Waals surface area contributed by atoms with Crippen LogP contribution in [0.2, 0.25) is 0 Å². The number of aromatic nitrogens is 1. The zero-order valence-corrected chi connectivity index (χ0v) is 7.67. The van der Waals surface area contributed by atoms with Gasteiger partial charge >= 0.3 is 5.03 Å². The first-order valence-corrected chi connectivity index (χ1v) is 5.22. The molecule has 0 aromatic carbocycles. The highest BCUT2D eigenvalue weighted by atomic mass is 32.2. The molecule has 5 heteroatoms. The van der Waals surface area contributed by atoms with Crippen molar-refractivity contribution in [2.24, 2.45) is 0 Å². The van der Waals surface area contributed by atoms with Crippen molar-refractivity contribution < 1.29 is 18.4 Å². The monoisotopic (exact) mass is 188 g/mol. The minimum absolute atomic E-state index is 0.0949. The van der Waals surface area contributed by atoms with Crippen LogP contribution in [0.5, 0.6) is 0 Å². The van der Waals surface area contributed by atoms with Gasteiger partial charge in [-0.1, -0.05) is 0 Å². The second-order valence-electron chi connectivity index (χ2n) is 2.66. The lowest BCUT2D eigenvalue weighted by molar-refractivity contribution is -0.933. The maximum absolute atomic E-state index is 11.0. The molecule has 0 saturated heterocycles. The van der Waals surface area contributed by atoms with Crippen molar-refractivity contribution >= 4 is 9.84 Å². The van der Waals surface area contributed by atoms with E-state index in [1.807, 2.05) is 0 Å². The largest absolute Gasteiger partial charge is 0.346 e. The van der Waals surface area contributed by atoms with E-state index in [1.54, 1.807) is 13.0 Å². The zero-order chi connectivity index (χ0) is 9.35. The third-order valence-electron chi connectivity index (χ3n) is 1.44. The molecule has 0 amide bonds. The van der Waals surface area contributed by atoms with Crippen LogP contribution in [0.25, 0.3) is 0 Å². The highest BCUT2D eigenvalue weighted by Crippen LogP contribution is 2.03. The SMILES string of the molecule is Cc1cc[n+](O)c(S(C)(=O)=O)c1. The lowest BCUT2D eigenvalue weighted by Gasteiger charge is -1.94. The van der Waals surface area contributed by atoms with Crippen LogP contribution in [0.4, 0.5) is 0 Å². The summed E-state index contributed by atoms with van der Waals surface area (Å²) in [5, 5.41) is 9.01. The van der Waals surface area contributed by atoms with Crippen LogP contribution < -0.4 is 4.73 Å². The second kappa shape index (κ2) is 2.75. The van der Waals surface area contributed by atoms with E-state index in [2.05, 4.69) is 0 Å². The van der Waals surface area contributed by atoms with E-state index in [4.69, 9.17) is 5.21 Å². The standard InChI is InChI=1S/C7H10NO3S/c1-6-3-4-8(9)7(5-6)12(2,10)11/h3-5,9H,1-2H3/q+1. The summed E-state index contributed by atoms with van der Waals surface area (Å²) >= 11 is 0. The first-order chi connectivity index (χ1) is 5.41. The van der Waals surface area contributed by atoms with Crippen molar-refractivity contribution in [2.75, 3.05) is 6.26 Å². The molecular weight excluding hydrogens is 178 g/mol. The molecule has 0 aliphatic rings. The lowest BCUT2D eigenvalue weighted by Crippen LogP contribution is -2.36. The average Bonchev–Trinajstić information content (AvgIpc) is 1.92. The quantitative estimate of drug-likeness (QED) is 0.495. The Morgan fingerprint density at radius 1 is 1.50 bits per heavy atom. The molecule has 0 atom stereocenters. The fraction of sp³-hybridized carbons (Fsp3) is 0.286. The highest BCUT2D eigenvalue weighted by Gasteiger charge is 2.21. The molecule has 0 fully saturated rings. The van der Waals surface area contributed by atoms with Gasteiger partial charge in [0.15, 0.2) is 0 Å². The van der Waals surface area contributed by atoms with E-state index in [0.29, 0.717) is 4.73 Å². The van der Waals surface area contributed by atoms with Gasteiger partial charge in [-0.25, -0.2) is 8.42 Å². The summed E-state index contributed by atoms with van der Waals surface area (Å²) in [5.74, 6) is 0. The average molecular weight is 188 g/mol. The Hall–Kier alpha value is -1.10. The molecule has 4 nitrogen and oxygen atoms in total. The summed E-state index contributed by atoms with van der Waals surface area (Å²) in [6.07, 6.45) is 2.35. The van der Waals surface area contributed by atoms with Gasteiger partial charge in [0, 0.05) is 23.1 Å². The van der Waals surface area contributed by atoms with Gasteiger partial charge in [0.2, 0.25) is 16.0 Å². The van der Waals surface area contributed by atoms with Crippen LogP contribution in [0, 0.1) is 6.92 Å². The van der Waals surface area contributed by atoms with Crippen LogP contribution >= 0.6 is 0 Å². The number of aryl methyl sites for hydroxylation is 1. The number of hydrogen-bond acceptors (Lipinski definition) is 3. The third kappa shape index (κ3) is 1.73.